The van der Waals surface area contributed by atoms with Crippen LogP contribution in [-0.2, 0) is 0 Å². The van der Waals surface area contributed by atoms with E-state index < -0.39 is 17.7 Å². The normalized spacial score (nSPS) is 26.1. The van der Waals surface area contributed by atoms with Gasteiger partial charge in [-0.25, -0.2) is 8.78 Å². The number of halogens is 2. The Kier molecular flexibility index (Phi) is 3.77. The van der Waals surface area contributed by atoms with Crippen LogP contribution >= 0.6 is 0 Å². The molecule has 0 spiro atoms. The maximum Gasteiger partial charge on any atom is 0.126 e. The van der Waals surface area contributed by atoms with Crippen LogP contribution in [0.4, 0.5) is 8.78 Å². The predicted octanol–water partition coefficient (Wildman–Crippen LogP) is 3.82. The van der Waals surface area contributed by atoms with Crippen molar-refractivity contribution in [1.29, 1.82) is 0 Å². The SMILES string of the molecule is CCC1CCC(C(O)c2cc(F)cc(F)c2)C1. The number of aliphatic hydroxyl groups is 1. The minimum absolute atomic E-state index is 0.140. The lowest BCUT2D eigenvalue weighted by atomic mass is 9.93. The summed E-state index contributed by atoms with van der Waals surface area (Å²) in [7, 11) is 0. The van der Waals surface area contributed by atoms with Crippen molar-refractivity contribution in [3.8, 4) is 0 Å². The van der Waals surface area contributed by atoms with Gasteiger partial charge in [0.05, 0.1) is 6.10 Å². The number of benzene rings is 1. The van der Waals surface area contributed by atoms with Crippen molar-refractivity contribution in [2.24, 2.45) is 11.8 Å². The molecule has 1 aliphatic rings. The quantitative estimate of drug-likeness (QED) is 0.851. The number of rotatable bonds is 3. The van der Waals surface area contributed by atoms with Crippen molar-refractivity contribution in [2.75, 3.05) is 0 Å². The van der Waals surface area contributed by atoms with Crippen LogP contribution in [0, 0.1) is 23.5 Å². The van der Waals surface area contributed by atoms with E-state index in [4.69, 9.17) is 0 Å². The molecule has 0 aromatic heterocycles. The fourth-order valence-electron chi connectivity index (χ4n) is 2.79. The number of aliphatic hydroxyl groups excluding tert-OH is 1. The van der Waals surface area contributed by atoms with Gasteiger partial charge in [0.2, 0.25) is 0 Å². The van der Waals surface area contributed by atoms with Crippen LogP contribution in [0.15, 0.2) is 18.2 Å². The Bertz CT molecular complexity index is 372. The fraction of sp³-hybridized carbons (Fsp3) is 0.571. The van der Waals surface area contributed by atoms with Gasteiger partial charge in [-0.3, -0.25) is 0 Å². The van der Waals surface area contributed by atoms with Gasteiger partial charge in [-0.1, -0.05) is 19.8 Å². The van der Waals surface area contributed by atoms with Gasteiger partial charge in [0.15, 0.2) is 0 Å². The highest BCUT2D eigenvalue weighted by atomic mass is 19.1. The van der Waals surface area contributed by atoms with E-state index in [9.17, 15) is 13.9 Å². The first-order valence-electron chi connectivity index (χ1n) is 6.24. The van der Waals surface area contributed by atoms with E-state index in [1.165, 1.54) is 12.1 Å². The maximum atomic E-state index is 13.1. The lowest BCUT2D eigenvalue weighted by Gasteiger charge is -2.18. The standard InChI is InChI=1S/C14H18F2O/c1-2-9-3-4-10(5-9)14(17)11-6-12(15)8-13(16)7-11/h6-10,14,17H,2-5H2,1H3. The van der Waals surface area contributed by atoms with Crippen molar-refractivity contribution in [2.45, 2.75) is 38.7 Å². The van der Waals surface area contributed by atoms with Crippen LogP contribution in [0.25, 0.3) is 0 Å². The van der Waals surface area contributed by atoms with Gasteiger partial charge in [-0.2, -0.15) is 0 Å². The summed E-state index contributed by atoms with van der Waals surface area (Å²) in [4.78, 5) is 0. The summed E-state index contributed by atoms with van der Waals surface area (Å²) in [5.41, 5.74) is 0.365. The van der Waals surface area contributed by atoms with Crippen molar-refractivity contribution < 1.29 is 13.9 Å². The molecule has 1 aromatic rings. The molecule has 94 valence electrons. The van der Waals surface area contributed by atoms with Crippen molar-refractivity contribution in [3.05, 3.63) is 35.4 Å². The van der Waals surface area contributed by atoms with Crippen LogP contribution < -0.4 is 0 Å². The van der Waals surface area contributed by atoms with Gasteiger partial charge in [-0.05, 0) is 42.4 Å². The molecule has 1 aliphatic carbocycles. The van der Waals surface area contributed by atoms with Gasteiger partial charge >= 0.3 is 0 Å². The molecule has 1 nitrogen and oxygen atoms in total. The van der Waals surface area contributed by atoms with E-state index in [1.807, 2.05) is 0 Å². The molecule has 17 heavy (non-hydrogen) atoms. The second-order valence-electron chi connectivity index (χ2n) is 5.00. The van der Waals surface area contributed by atoms with E-state index >= 15 is 0 Å². The summed E-state index contributed by atoms with van der Waals surface area (Å²) in [6, 6.07) is 3.29. The van der Waals surface area contributed by atoms with Crippen LogP contribution in [0.5, 0.6) is 0 Å². The molecule has 1 N–H and O–H groups in total. The average molecular weight is 240 g/mol. The van der Waals surface area contributed by atoms with Gasteiger partial charge in [0, 0.05) is 6.07 Å². The molecule has 0 bridgehead atoms. The third-order valence-corrected chi connectivity index (χ3v) is 3.83. The zero-order valence-electron chi connectivity index (χ0n) is 10.00. The highest BCUT2D eigenvalue weighted by Gasteiger charge is 2.30. The summed E-state index contributed by atoms with van der Waals surface area (Å²) in [6.07, 6.45) is 3.38. The molecule has 1 fully saturated rings. The van der Waals surface area contributed by atoms with Crippen molar-refractivity contribution >= 4 is 0 Å². The van der Waals surface area contributed by atoms with Crippen molar-refractivity contribution in [1.82, 2.24) is 0 Å². The van der Waals surface area contributed by atoms with Gasteiger partial charge < -0.3 is 5.11 Å². The topological polar surface area (TPSA) is 20.2 Å². The van der Waals surface area contributed by atoms with Crippen molar-refractivity contribution in [3.63, 3.8) is 0 Å². The Balaban J connectivity index is 2.11. The first-order valence-corrected chi connectivity index (χ1v) is 6.24. The fourth-order valence-corrected chi connectivity index (χ4v) is 2.79. The molecule has 1 saturated carbocycles. The minimum Gasteiger partial charge on any atom is -0.388 e. The van der Waals surface area contributed by atoms with Gasteiger partial charge in [0.1, 0.15) is 11.6 Å². The zero-order chi connectivity index (χ0) is 12.4. The Labute approximate surface area is 100 Å². The molecule has 0 saturated heterocycles. The molecular formula is C14H18F2O. The highest BCUT2D eigenvalue weighted by Crippen LogP contribution is 2.40. The molecule has 3 heteroatoms. The van der Waals surface area contributed by atoms with Crippen LogP contribution in [0.1, 0.15) is 44.3 Å². The third-order valence-electron chi connectivity index (χ3n) is 3.83. The van der Waals surface area contributed by atoms with Gasteiger partial charge in [-0.15, -0.1) is 0 Å². The number of hydrogen-bond donors (Lipinski definition) is 1. The summed E-state index contributed by atoms with van der Waals surface area (Å²) >= 11 is 0. The zero-order valence-corrected chi connectivity index (χ0v) is 10.00. The summed E-state index contributed by atoms with van der Waals surface area (Å²) < 4.78 is 26.1. The Morgan fingerprint density at radius 3 is 2.41 bits per heavy atom. The second kappa shape index (κ2) is 5.13. The Morgan fingerprint density at radius 2 is 1.88 bits per heavy atom. The molecule has 0 aliphatic heterocycles. The molecule has 0 amide bonds. The minimum atomic E-state index is -0.739. The van der Waals surface area contributed by atoms with E-state index in [2.05, 4.69) is 6.92 Å². The smallest absolute Gasteiger partial charge is 0.126 e. The predicted molar refractivity (Wildman–Crippen MR) is 62.4 cm³/mol. The number of hydrogen-bond acceptors (Lipinski definition) is 1. The van der Waals surface area contributed by atoms with Crippen LogP contribution in [0.3, 0.4) is 0 Å². The van der Waals surface area contributed by atoms with E-state index in [-0.39, 0.29) is 5.92 Å². The second-order valence-corrected chi connectivity index (χ2v) is 5.00. The Morgan fingerprint density at radius 1 is 1.24 bits per heavy atom. The average Bonchev–Trinajstić information content (AvgIpc) is 2.75. The first-order chi connectivity index (χ1) is 8.10. The molecular weight excluding hydrogens is 222 g/mol. The van der Waals surface area contributed by atoms with Crippen LogP contribution in [0.2, 0.25) is 0 Å². The third kappa shape index (κ3) is 2.83. The first kappa shape index (κ1) is 12.5. The maximum absolute atomic E-state index is 13.1. The molecule has 1 aromatic carbocycles. The summed E-state index contributed by atoms with van der Waals surface area (Å²) in [5.74, 6) is -0.456. The lowest BCUT2D eigenvalue weighted by Crippen LogP contribution is -2.10. The largest absolute Gasteiger partial charge is 0.388 e. The Hall–Kier alpha value is -0.960. The summed E-state index contributed by atoms with van der Waals surface area (Å²) in [5, 5.41) is 10.1. The molecule has 0 radical (unpaired) electrons. The molecule has 0 heterocycles. The van der Waals surface area contributed by atoms with E-state index in [0.717, 1.165) is 31.7 Å². The highest BCUT2D eigenvalue weighted by molar-refractivity contribution is 5.21. The molecule has 3 unspecified atom stereocenters. The molecule has 3 atom stereocenters. The monoisotopic (exact) mass is 240 g/mol. The van der Waals surface area contributed by atoms with Gasteiger partial charge in [0.25, 0.3) is 0 Å². The lowest BCUT2D eigenvalue weighted by molar-refractivity contribution is 0.108. The molecule has 2 rings (SSSR count). The van der Waals surface area contributed by atoms with E-state index in [1.54, 1.807) is 0 Å². The van der Waals surface area contributed by atoms with E-state index in [0.29, 0.717) is 11.5 Å². The van der Waals surface area contributed by atoms with Crippen LogP contribution in [-0.4, -0.2) is 5.11 Å². The summed E-state index contributed by atoms with van der Waals surface area (Å²) in [6.45, 7) is 2.14.